The predicted molar refractivity (Wildman–Crippen MR) is 72.4 cm³/mol. The summed E-state index contributed by atoms with van der Waals surface area (Å²) in [5.41, 5.74) is 0. The third-order valence-corrected chi connectivity index (χ3v) is 2.99. The minimum absolute atomic E-state index is 0.444. The van der Waals surface area contributed by atoms with E-state index in [0.717, 1.165) is 25.0 Å². The highest BCUT2D eigenvalue weighted by Gasteiger charge is 2.22. The van der Waals surface area contributed by atoms with Crippen molar-refractivity contribution in [2.45, 2.75) is 31.7 Å². The smallest absolute Gasteiger partial charge is 0.326 e. The van der Waals surface area contributed by atoms with Gasteiger partial charge in [0.2, 0.25) is 0 Å². The molecule has 0 saturated carbocycles. The summed E-state index contributed by atoms with van der Waals surface area (Å²) in [5, 5.41) is 21.9. The van der Waals surface area contributed by atoms with Crippen LogP contribution in [0.5, 0.6) is 0 Å². The number of carbonyl (C=O) groups excluding carboxylic acids is 1. The SMILES string of the molecule is CSCCCCCNC(=O)NC(CC(=O)O)C(=O)O. The van der Waals surface area contributed by atoms with Gasteiger partial charge in [-0.2, -0.15) is 11.8 Å². The number of amides is 2. The summed E-state index contributed by atoms with van der Waals surface area (Å²) < 4.78 is 0. The predicted octanol–water partition coefficient (Wildman–Crippen LogP) is 0.747. The topological polar surface area (TPSA) is 116 Å². The molecule has 0 radical (unpaired) electrons. The second-order valence-corrected chi connectivity index (χ2v) is 4.93. The van der Waals surface area contributed by atoms with Crippen LogP contribution in [-0.2, 0) is 9.59 Å². The first-order valence-electron chi connectivity index (χ1n) is 5.95. The molecule has 2 amide bonds. The second-order valence-electron chi connectivity index (χ2n) is 3.94. The van der Waals surface area contributed by atoms with Gasteiger partial charge in [0.1, 0.15) is 6.04 Å². The van der Waals surface area contributed by atoms with Crippen molar-refractivity contribution in [3.8, 4) is 0 Å². The first-order chi connectivity index (χ1) is 8.97. The van der Waals surface area contributed by atoms with Crippen molar-refractivity contribution < 1.29 is 24.6 Å². The van der Waals surface area contributed by atoms with Gasteiger partial charge in [0.15, 0.2) is 0 Å². The Kier molecular flexibility index (Phi) is 9.69. The molecule has 0 saturated heterocycles. The van der Waals surface area contributed by atoms with Gasteiger partial charge in [0.25, 0.3) is 0 Å². The molecule has 0 heterocycles. The number of hydrogen-bond donors (Lipinski definition) is 4. The van der Waals surface area contributed by atoms with E-state index in [-0.39, 0.29) is 0 Å². The third kappa shape index (κ3) is 10.2. The van der Waals surface area contributed by atoms with Crippen molar-refractivity contribution in [3.05, 3.63) is 0 Å². The fraction of sp³-hybridized carbons (Fsp3) is 0.727. The van der Waals surface area contributed by atoms with Crippen LogP contribution in [0.3, 0.4) is 0 Å². The largest absolute Gasteiger partial charge is 0.481 e. The molecule has 1 atom stereocenters. The number of carbonyl (C=O) groups is 3. The molecule has 0 bridgehead atoms. The Morgan fingerprint density at radius 3 is 2.37 bits per heavy atom. The monoisotopic (exact) mass is 292 g/mol. The summed E-state index contributed by atoms with van der Waals surface area (Å²) >= 11 is 1.76. The lowest BCUT2D eigenvalue weighted by molar-refractivity contribution is -0.145. The van der Waals surface area contributed by atoms with Gasteiger partial charge in [-0.05, 0) is 24.9 Å². The lowest BCUT2D eigenvalue weighted by Gasteiger charge is -2.13. The van der Waals surface area contributed by atoms with Crippen LogP contribution < -0.4 is 10.6 Å². The number of urea groups is 1. The van der Waals surface area contributed by atoms with Crippen molar-refractivity contribution in [1.29, 1.82) is 0 Å². The molecule has 0 rings (SSSR count). The molecule has 0 aromatic heterocycles. The molecule has 110 valence electrons. The molecular weight excluding hydrogens is 272 g/mol. The van der Waals surface area contributed by atoms with E-state index in [4.69, 9.17) is 10.2 Å². The highest BCUT2D eigenvalue weighted by molar-refractivity contribution is 7.98. The van der Waals surface area contributed by atoms with Crippen LogP contribution in [-0.4, -0.2) is 52.8 Å². The first kappa shape index (κ1) is 17.6. The number of aliphatic carboxylic acids is 2. The maximum absolute atomic E-state index is 11.3. The number of rotatable bonds is 10. The number of carboxylic acids is 2. The van der Waals surface area contributed by atoms with Crippen LogP contribution in [0, 0.1) is 0 Å². The standard InChI is InChI=1S/C11H20N2O5S/c1-19-6-4-2-3-5-12-11(18)13-8(10(16)17)7-9(14)15/h8H,2-7H2,1H3,(H,14,15)(H,16,17)(H2,12,13,18). The summed E-state index contributed by atoms with van der Waals surface area (Å²) in [6.45, 7) is 0.444. The molecule has 0 spiro atoms. The molecule has 7 nitrogen and oxygen atoms in total. The van der Waals surface area contributed by atoms with Gasteiger partial charge in [-0.15, -0.1) is 0 Å². The molecule has 19 heavy (non-hydrogen) atoms. The normalized spacial score (nSPS) is 11.6. The van der Waals surface area contributed by atoms with E-state index in [2.05, 4.69) is 10.6 Å². The van der Waals surface area contributed by atoms with Crippen LogP contribution in [0.25, 0.3) is 0 Å². The number of thioether (sulfide) groups is 1. The summed E-state index contributed by atoms with van der Waals surface area (Å²) in [6, 6.07) is -2.06. The lowest BCUT2D eigenvalue weighted by Crippen LogP contribution is -2.47. The van der Waals surface area contributed by atoms with Crippen molar-refractivity contribution >= 4 is 29.7 Å². The number of hydrogen-bond acceptors (Lipinski definition) is 4. The van der Waals surface area contributed by atoms with Crippen molar-refractivity contribution in [3.63, 3.8) is 0 Å². The zero-order valence-corrected chi connectivity index (χ0v) is 11.7. The Bertz CT molecular complexity index is 311. The summed E-state index contributed by atoms with van der Waals surface area (Å²) in [5.74, 6) is -1.56. The van der Waals surface area contributed by atoms with Crippen LogP contribution >= 0.6 is 11.8 Å². The Labute approximate surface area is 116 Å². The Morgan fingerprint density at radius 1 is 1.16 bits per heavy atom. The lowest BCUT2D eigenvalue weighted by atomic mass is 10.2. The van der Waals surface area contributed by atoms with E-state index >= 15 is 0 Å². The zero-order valence-electron chi connectivity index (χ0n) is 10.8. The van der Waals surface area contributed by atoms with Crippen LogP contribution in [0.2, 0.25) is 0 Å². The minimum Gasteiger partial charge on any atom is -0.481 e. The van der Waals surface area contributed by atoms with Gasteiger partial charge in [0, 0.05) is 6.54 Å². The highest BCUT2D eigenvalue weighted by Crippen LogP contribution is 2.01. The van der Waals surface area contributed by atoms with Crippen molar-refractivity contribution in [2.24, 2.45) is 0 Å². The van der Waals surface area contributed by atoms with Crippen molar-refractivity contribution in [1.82, 2.24) is 10.6 Å². The fourth-order valence-corrected chi connectivity index (χ4v) is 1.83. The third-order valence-electron chi connectivity index (χ3n) is 2.29. The van der Waals surface area contributed by atoms with E-state index in [0.29, 0.717) is 6.54 Å². The van der Waals surface area contributed by atoms with E-state index in [1.807, 2.05) is 6.26 Å². The maximum Gasteiger partial charge on any atom is 0.326 e. The molecule has 4 N–H and O–H groups in total. The molecule has 0 fully saturated rings. The number of nitrogens with one attached hydrogen (secondary N) is 2. The summed E-state index contributed by atoms with van der Waals surface area (Å²) in [7, 11) is 0. The van der Waals surface area contributed by atoms with Gasteiger partial charge in [-0.25, -0.2) is 9.59 Å². The Morgan fingerprint density at radius 2 is 1.84 bits per heavy atom. The first-order valence-corrected chi connectivity index (χ1v) is 7.34. The van der Waals surface area contributed by atoms with Crippen LogP contribution in [0.4, 0.5) is 4.79 Å². The molecule has 0 aliphatic heterocycles. The molecule has 8 heteroatoms. The number of carboxylic acid groups (broad SMARTS) is 2. The molecular formula is C11H20N2O5S. The zero-order chi connectivity index (χ0) is 14.7. The van der Waals surface area contributed by atoms with Crippen LogP contribution in [0.15, 0.2) is 0 Å². The molecule has 0 aromatic rings. The maximum atomic E-state index is 11.3. The van der Waals surface area contributed by atoms with Gasteiger partial charge in [-0.3, -0.25) is 4.79 Å². The van der Waals surface area contributed by atoms with Gasteiger partial charge >= 0.3 is 18.0 Å². The second kappa shape index (κ2) is 10.5. The highest BCUT2D eigenvalue weighted by atomic mass is 32.2. The van der Waals surface area contributed by atoms with Crippen LogP contribution in [0.1, 0.15) is 25.7 Å². The van der Waals surface area contributed by atoms with Gasteiger partial charge in [0.05, 0.1) is 6.42 Å². The molecule has 0 aromatic carbocycles. The minimum atomic E-state index is -1.41. The van der Waals surface area contributed by atoms with E-state index < -0.39 is 30.4 Å². The van der Waals surface area contributed by atoms with Gasteiger partial charge < -0.3 is 20.8 Å². The Hall–Kier alpha value is -1.44. The van der Waals surface area contributed by atoms with E-state index in [9.17, 15) is 14.4 Å². The summed E-state index contributed by atoms with van der Waals surface area (Å²) in [4.78, 5) is 32.5. The van der Waals surface area contributed by atoms with Gasteiger partial charge in [-0.1, -0.05) is 6.42 Å². The average Bonchev–Trinajstić information content (AvgIpc) is 2.32. The van der Waals surface area contributed by atoms with Crippen molar-refractivity contribution in [2.75, 3.05) is 18.6 Å². The fourth-order valence-electron chi connectivity index (χ4n) is 1.33. The Balaban J connectivity index is 3.81. The molecule has 1 unspecified atom stereocenters. The quantitative estimate of drug-likeness (QED) is 0.441. The summed E-state index contributed by atoms with van der Waals surface area (Å²) in [6.07, 6.45) is 4.25. The van der Waals surface area contributed by atoms with E-state index in [1.165, 1.54) is 0 Å². The molecule has 0 aliphatic carbocycles. The van der Waals surface area contributed by atoms with E-state index in [1.54, 1.807) is 11.8 Å². The number of unbranched alkanes of at least 4 members (excludes halogenated alkanes) is 2. The average molecular weight is 292 g/mol. The molecule has 0 aliphatic rings.